The van der Waals surface area contributed by atoms with E-state index in [9.17, 15) is 9.59 Å². The van der Waals surface area contributed by atoms with Gasteiger partial charge in [-0.05, 0) is 31.9 Å². The Kier molecular flexibility index (Phi) is 6.46. The smallest absolute Gasteiger partial charge is 0.273 e. The third kappa shape index (κ3) is 4.88. The predicted octanol–water partition coefficient (Wildman–Crippen LogP) is 2.65. The molecule has 8 heteroatoms. The minimum absolute atomic E-state index is 0.00964. The number of amides is 1. The summed E-state index contributed by atoms with van der Waals surface area (Å²) in [5, 5.41) is 2.75. The Bertz CT molecular complexity index is 892. The highest BCUT2D eigenvalue weighted by Crippen LogP contribution is 2.31. The zero-order valence-electron chi connectivity index (χ0n) is 17.2. The molecule has 1 aromatic heterocycles. The normalized spacial score (nSPS) is 19.0. The summed E-state index contributed by atoms with van der Waals surface area (Å²) >= 11 is 1.51. The number of nitrogens with zero attached hydrogens (tertiary/aromatic N) is 3. The first-order valence-corrected chi connectivity index (χ1v) is 11.2. The van der Waals surface area contributed by atoms with Gasteiger partial charge < -0.3 is 14.4 Å². The van der Waals surface area contributed by atoms with Gasteiger partial charge in [-0.25, -0.2) is 4.98 Å². The standard InChI is InChI=1S/C22H27N3O4S/c1-17-23-20(15-30-17)21(27)25-10-12-29-22(16-25)5-7-24(8-6-22)9-11-28-19-4-2-3-18(13-19)14-26/h2-4,13-15H,5-12,16H2,1H3. The van der Waals surface area contributed by atoms with E-state index >= 15 is 0 Å². The number of carbonyl (C=O) groups is 2. The molecule has 2 aromatic rings. The lowest BCUT2D eigenvalue weighted by Gasteiger charge is -2.47. The van der Waals surface area contributed by atoms with Crippen LogP contribution in [-0.2, 0) is 4.74 Å². The zero-order valence-corrected chi connectivity index (χ0v) is 18.0. The van der Waals surface area contributed by atoms with Crippen molar-refractivity contribution >= 4 is 23.5 Å². The molecule has 1 amide bonds. The van der Waals surface area contributed by atoms with Crippen LogP contribution in [0.15, 0.2) is 29.6 Å². The van der Waals surface area contributed by atoms with Gasteiger partial charge in [0.15, 0.2) is 0 Å². The van der Waals surface area contributed by atoms with Crippen molar-refractivity contribution in [2.75, 3.05) is 45.9 Å². The number of aromatic nitrogens is 1. The minimum atomic E-state index is -0.255. The van der Waals surface area contributed by atoms with Crippen molar-refractivity contribution in [3.63, 3.8) is 0 Å². The maximum absolute atomic E-state index is 12.8. The number of rotatable bonds is 6. The van der Waals surface area contributed by atoms with Crippen LogP contribution in [0.2, 0.25) is 0 Å². The van der Waals surface area contributed by atoms with Gasteiger partial charge in [0.1, 0.15) is 24.3 Å². The van der Waals surface area contributed by atoms with Gasteiger partial charge >= 0.3 is 0 Å². The van der Waals surface area contributed by atoms with E-state index in [2.05, 4.69) is 9.88 Å². The fraction of sp³-hybridized carbons (Fsp3) is 0.500. The van der Waals surface area contributed by atoms with Crippen molar-refractivity contribution in [3.8, 4) is 5.75 Å². The Hall–Kier alpha value is -2.29. The van der Waals surface area contributed by atoms with Crippen molar-refractivity contribution in [2.45, 2.75) is 25.4 Å². The SMILES string of the molecule is Cc1nc(C(=O)N2CCOC3(CCN(CCOc4cccc(C=O)c4)CC3)C2)cs1. The number of hydrogen-bond acceptors (Lipinski definition) is 7. The number of likely N-dealkylation sites (tertiary alicyclic amines) is 1. The lowest BCUT2D eigenvalue weighted by molar-refractivity contribution is -0.127. The lowest BCUT2D eigenvalue weighted by atomic mass is 9.89. The van der Waals surface area contributed by atoms with Crippen molar-refractivity contribution in [1.29, 1.82) is 0 Å². The second-order valence-corrected chi connectivity index (χ2v) is 8.95. The fourth-order valence-corrected chi connectivity index (χ4v) is 4.69. The monoisotopic (exact) mass is 429 g/mol. The number of thiazole rings is 1. The average Bonchev–Trinajstić information content (AvgIpc) is 3.21. The summed E-state index contributed by atoms with van der Waals surface area (Å²) in [7, 11) is 0. The molecule has 3 heterocycles. The minimum Gasteiger partial charge on any atom is -0.492 e. The van der Waals surface area contributed by atoms with Crippen molar-refractivity contribution in [3.05, 3.63) is 45.9 Å². The molecule has 1 aromatic carbocycles. The predicted molar refractivity (Wildman–Crippen MR) is 114 cm³/mol. The van der Waals surface area contributed by atoms with Crippen LogP contribution < -0.4 is 4.74 Å². The maximum Gasteiger partial charge on any atom is 0.273 e. The van der Waals surface area contributed by atoms with Crippen LogP contribution in [0.4, 0.5) is 0 Å². The first-order chi connectivity index (χ1) is 14.6. The molecule has 160 valence electrons. The Morgan fingerprint density at radius 2 is 2.17 bits per heavy atom. The van der Waals surface area contributed by atoms with E-state index in [4.69, 9.17) is 9.47 Å². The Balaban J connectivity index is 1.26. The van der Waals surface area contributed by atoms with Crippen LogP contribution in [0, 0.1) is 6.92 Å². The fourth-order valence-electron chi connectivity index (χ4n) is 4.10. The summed E-state index contributed by atoms with van der Waals surface area (Å²) in [5.74, 6) is 0.727. The van der Waals surface area contributed by atoms with Crippen LogP contribution in [0.1, 0.15) is 38.7 Å². The van der Waals surface area contributed by atoms with Crippen LogP contribution in [0.5, 0.6) is 5.75 Å². The van der Waals surface area contributed by atoms with Gasteiger partial charge in [0.05, 0.1) is 23.8 Å². The van der Waals surface area contributed by atoms with E-state index in [0.717, 1.165) is 49.5 Å². The molecule has 0 saturated carbocycles. The first-order valence-electron chi connectivity index (χ1n) is 10.3. The van der Waals surface area contributed by atoms with Gasteiger partial charge in [-0.1, -0.05) is 12.1 Å². The molecule has 0 aliphatic carbocycles. The topological polar surface area (TPSA) is 72.0 Å². The molecule has 0 N–H and O–H groups in total. The number of hydrogen-bond donors (Lipinski definition) is 0. The number of benzene rings is 1. The molecule has 1 spiro atoms. The molecular formula is C22H27N3O4S. The van der Waals surface area contributed by atoms with Crippen molar-refractivity contribution < 1.29 is 19.1 Å². The van der Waals surface area contributed by atoms with Gasteiger partial charge in [-0.2, -0.15) is 0 Å². The molecule has 2 saturated heterocycles. The molecule has 2 aliphatic heterocycles. The molecule has 4 rings (SSSR count). The highest BCUT2D eigenvalue weighted by molar-refractivity contribution is 7.09. The molecule has 30 heavy (non-hydrogen) atoms. The van der Waals surface area contributed by atoms with E-state index in [1.165, 1.54) is 11.3 Å². The highest BCUT2D eigenvalue weighted by atomic mass is 32.1. The van der Waals surface area contributed by atoms with E-state index in [1.807, 2.05) is 29.3 Å². The van der Waals surface area contributed by atoms with E-state index < -0.39 is 0 Å². The van der Waals surface area contributed by atoms with Gasteiger partial charge in [0.25, 0.3) is 5.91 Å². The Morgan fingerprint density at radius 1 is 1.33 bits per heavy atom. The maximum atomic E-state index is 12.8. The highest BCUT2D eigenvalue weighted by Gasteiger charge is 2.41. The summed E-state index contributed by atoms with van der Waals surface area (Å²) in [6.07, 6.45) is 2.62. The summed E-state index contributed by atoms with van der Waals surface area (Å²) in [6.45, 7) is 6.96. The summed E-state index contributed by atoms with van der Waals surface area (Å²) in [6, 6.07) is 7.20. The summed E-state index contributed by atoms with van der Waals surface area (Å²) in [5.41, 5.74) is 0.908. The summed E-state index contributed by atoms with van der Waals surface area (Å²) in [4.78, 5) is 32.3. The third-order valence-corrected chi connectivity index (χ3v) is 6.59. The van der Waals surface area contributed by atoms with Crippen LogP contribution in [0.3, 0.4) is 0 Å². The van der Waals surface area contributed by atoms with E-state index in [1.54, 1.807) is 12.1 Å². The molecule has 7 nitrogen and oxygen atoms in total. The molecular weight excluding hydrogens is 402 g/mol. The largest absolute Gasteiger partial charge is 0.492 e. The Morgan fingerprint density at radius 3 is 2.90 bits per heavy atom. The lowest BCUT2D eigenvalue weighted by Crippen LogP contribution is -2.58. The van der Waals surface area contributed by atoms with Gasteiger partial charge in [0, 0.05) is 37.1 Å². The number of aryl methyl sites for hydroxylation is 1. The quantitative estimate of drug-likeness (QED) is 0.658. The van der Waals surface area contributed by atoms with E-state index in [-0.39, 0.29) is 11.5 Å². The molecule has 0 atom stereocenters. The number of carbonyl (C=O) groups excluding carboxylic acids is 2. The van der Waals surface area contributed by atoms with Crippen LogP contribution in [-0.4, -0.2) is 78.5 Å². The van der Waals surface area contributed by atoms with Crippen LogP contribution >= 0.6 is 11.3 Å². The third-order valence-electron chi connectivity index (χ3n) is 5.81. The molecule has 0 radical (unpaired) electrons. The van der Waals surface area contributed by atoms with Gasteiger partial charge in [0.2, 0.25) is 0 Å². The Labute approximate surface area is 180 Å². The average molecular weight is 430 g/mol. The zero-order chi connectivity index (χ0) is 21.0. The van der Waals surface area contributed by atoms with Crippen molar-refractivity contribution in [1.82, 2.24) is 14.8 Å². The molecule has 0 bridgehead atoms. The summed E-state index contributed by atoms with van der Waals surface area (Å²) < 4.78 is 12.0. The molecule has 2 aliphatic rings. The second kappa shape index (κ2) is 9.24. The number of piperidine rings is 1. The second-order valence-electron chi connectivity index (χ2n) is 7.89. The van der Waals surface area contributed by atoms with E-state index in [0.29, 0.717) is 37.6 Å². The molecule has 2 fully saturated rings. The number of aldehydes is 1. The number of morpholine rings is 1. The van der Waals surface area contributed by atoms with Gasteiger partial charge in [-0.15, -0.1) is 11.3 Å². The first kappa shape index (κ1) is 21.0. The number of ether oxygens (including phenoxy) is 2. The van der Waals surface area contributed by atoms with Crippen LogP contribution in [0.25, 0.3) is 0 Å². The van der Waals surface area contributed by atoms with Crippen molar-refractivity contribution in [2.24, 2.45) is 0 Å². The van der Waals surface area contributed by atoms with Gasteiger partial charge in [-0.3, -0.25) is 14.5 Å². The molecule has 0 unspecified atom stereocenters.